The molecule has 1 aliphatic heterocycles. The van der Waals surface area contributed by atoms with Gasteiger partial charge in [0.25, 0.3) is 0 Å². The van der Waals surface area contributed by atoms with Gasteiger partial charge in [-0.05, 0) is 18.7 Å². The van der Waals surface area contributed by atoms with Crippen molar-refractivity contribution >= 4 is 0 Å². The van der Waals surface area contributed by atoms with Crippen LogP contribution in [0.5, 0.6) is 0 Å². The maximum Gasteiger partial charge on any atom is 0.0638 e. The molecular formula is C13H18N4. The predicted molar refractivity (Wildman–Crippen MR) is 66.2 cm³/mol. The summed E-state index contributed by atoms with van der Waals surface area (Å²) in [5.41, 5.74) is 1.22. The zero-order valence-corrected chi connectivity index (χ0v) is 10.2. The molecule has 1 unspecified atom stereocenters. The second kappa shape index (κ2) is 5.76. The van der Waals surface area contributed by atoms with E-state index in [2.05, 4.69) is 34.0 Å². The summed E-state index contributed by atoms with van der Waals surface area (Å²) in [5.74, 6) is 0. The van der Waals surface area contributed by atoms with Crippen molar-refractivity contribution < 1.29 is 0 Å². The molecule has 1 atom stereocenters. The summed E-state index contributed by atoms with van der Waals surface area (Å²) in [6.45, 7) is 3.97. The lowest BCUT2D eigenvalue weighted by atomic mass is 10.1. The van der Waals surface area contributed by atoms with E-state index in [9.17, 15) is 0 Å². The van der Waals surface area contributed by atoms with E-state index in [4.69, 9.17) is 5.26 Å². The zero-order chi connectivity index (χ0) is 12.1. The Morgan fingerprint density at radius 2 is 2.41 bits per heavy atom. The Balaban J connectivity index is 2.01. The molecule has 0 spiro atoms. The van der Waals surface area contributed by atoms with Crippen molar-refractivity contribution in [2.75, 3.05) is 26.7 Å². The molecule has 90 valence electrons. The number of likely N-dealkylation sites (N-methyl/N-ethyl adjacent to an activating group) is 1. The minimum Gasteiger partial charge on any atom is -0.304 e. The van der Waals surface area contributed by atoms with Gasteiger partial charge < -0.3 is 4.90 Å². The van der Waals surface area contributed by atoms with Crippen LogP contribution in [0.3, 0.4) is 0 Å². The molecule has 1 aromatic rings. The number of pyridine rings is 1. The first kappa shape index (κ1) is 12.0. The van der Waals surface area contributed by atoms with Crippen molar-refractivity contribution in [3.8, 4) is 6.07 Å². The Labute approximate surface area is 102 Å². The van der Waals surface area contributed by atoms with Gasteiger partial charge in [0, 0.05) is 44.6 Å². The van der Waals surface area contributed by atoms with E-state index in [-0.39, 0.29) is 0 Å². The average molecular weight is 230 g/mol. The normalized spacial score (nSPS) is 22.2. The van der Waals surface area contributed by atoms with E-state index in [0.717, 1.165) is 26.2 Å². The molecule has 0 N–H and O–H groups in total. The van der Waals surface area contributed by atoms with Gasteiger partial charge in [-0.3, -0.25) is 9.88 Å². The van der Waals surface area contributed by atoms with Crippen molar-refractivity contribution in [2.24, 2.45) is 0 Å². The minimum atomic E-state index is 0.346. The highest BCUT2D eigenvalue weighted by Crippen LogP contribution is 2.14. The van der Waals surface area contributed by atoms with Gasteiger partial charge in [0.15, 0.2) is 0 Å². The molecule has 0 bridgehead atoms. The first-order chi connectivity index (χ1) is 8.29. The Hall–Kier alpha value is -1.44. The summed E-state index contributed by atoms with van der Waals surface area (Å²) in [5, 5.41) is 8.88. The lowest BCUT2D eigenvalue weighted by molar-refractivity contribution is 0.0859. The summed E-state index contributed by atoms with van der Waals surface area (Å²) in [6, 6.07) is 6.69. The van der Waals surface area contributed by atoms with Crippen LogP contribution in [0.25, 0.3) is 0 Å². The van der Waals surface area contributed by atoms with Crippen LogP contribution >= 0.6 is 0 Å². The lowest BCUT2D eigenvalue weighted by Crippen LogP contribution is -2.51. The number of nitrogens with zero attached hydrogens (tertiary/aromatic N) is 4. The molecule has 0 aliphatic carbocycles. The van der Waals surface area contributed by atoms with Crippen LogP contribution in [0.15, 0.2) is 24.5 Å². The fourth-order valence-electron chi connectivity index (χ4n) is 2.28. The Morgan fingerprint density at radius 3 is 3.12 bits per heavy atom. The lowest BCUT2D eigenvalue weighted by Gasteiger charge is -2.39. The summed E-state index contributed by atoms with van der Waals surface area (Å²) < 4.78 is 0. The van der Waals surface area contributed by atoms with Crippen molar-refractivity contribution in [2.45, 2.75) is 19.0 Å². The van der Waals surface area contributed by atoms with Gasteiger partial charge in [-0.1, -0.05) is 6.07 Å². The van der Waals surface area contributed by atoms with E-state index < -0.39 is 0 Å². The molecule has 1 fully saturated rings. The first-order valence-electron chi connectivity index (χ1n) is 5.98. The van der Waals surface area contributed by atoms with E-state index in [1.54, 1.807) is 6.20 Å². The van der Waals surface area contributed by atoms with Crippen LogP contribution in [0.1, 0.15) is 12.0 Å². The van der Waals surface area contributed by atoms with Gasteiger partial charge in [-0.15, -0.1) is 0 Å². The van der Waals surface area contributed by atoms with Gasteiger partial charge in [0.05, 0.1) is 12.5 Å². The first-order valence-corrected chi connectivity index (χ1v) is 5.98. The summed E-state index contributed by atoms with van der Waals surface area (Å²) in [7, 11) is 2.12. The number of rotatable bonds is 3. The number of piperazine rings is 1. The van der Waals surface area contributed by atoms with Gasteiger partial charge >= 0.3 is 0 Å². The summed E-state index contributed by atoms with van der Waals surface area (Å²) in [6.07, 6.45) is 4.30. The van der Waals surface area contributed by atoms with Crippen LogP contribution in [-0.2, 0) is 6.54 Å². The Kier molecular flexibility index (Phi) is 4.08. The van der Waals surface area contributed by atoms with Crippen molar-refractivity contribution in [3.05, 3.63) is 30.1 Å². The Morgan fingerprint density at radius 1 is 1.53 bits per heavy atom. The molecule has 0 saturated carbocycles. The van der Waals surface area contributed by atoms with Crippen molar-refractivity contribution in [3.63, 3.8) is 0 Å². The maximum atomic E-state index is 8.88. The molecule has 1 aromatic heterocycles. The number of hydrogen-bond donors (Lipinski definition) is 0. The maximum absolute atomic E-state index is 8.88. The highest BCUT2D eigenvalue weighted by atomic mass is 15.3. The molecule has 1 aliphatic rings. The van der Waals surface area contributed by atoms with Crippen molar-refractivity contribution in [1.29, 1.82) is 5.26 Å². The molecule has 1 saturated heterocycles. The summed E-state index contributed by atoms with van der Waals surface area (Å²) in [4.78, 5) is 8.82. The third kappa shape index (κ3) is 3.26. The molecular weight excluding hydrogens is 212 g/mol. The molecule has 0 amide bonds. The van der Waals surface area contributed by atoms with Crippen LogP contribution < -0.4 is 0 Å². The molecule has 0 aromatic carbocycles. The number of aromatic nitrogens is 1. The topological polar surface area (TPSA) is 43.2 Å². The predicted octanol–water partition coefficient (Wildman–Crippen LogP) is 1.11. The quantitative estimate of drug-likeness (QED) is 0.780. The number of nitriles is 1. The fraction of sp³-hybridized carbons (Fsp3) is 0.538. The van der Waals surface area contributed by atoms with Crippen LogP contribution in [-0.4, -0.2) is 47.5 Å². The van der Waals surface area contributed by atoms with Crippen LogP contribution in [0.2, 0.25) is 0 Å². The van der Waals surface area contributed by atoms with Gasteiger partial charge in [-0.2, -0.15) is 5.26 Å². The van der Waals surface area contributed by atoms with E-state index in [0.29, 0.717) is 12.5 Å². The standard InChI is InChI=1S/C13H18N4/c1-16-7-8-17(13(11-16)4-5-14)10-12-3-2-6-15-9-12/h2-3,6,9,13H,4,7-8,10-11H2,1H3. The molecule has 0 radical (unpaired) electrons. The third-order valence-electron chi connectivity index (χ3n) is 3.24. The van der Waals surface area contributed by atoms with Gasteiger partial charge in [-0.25, -0.2) is 0 Å². The van der Waals surface area contributed by atoms with Crippen LogP contribution in [0, 0.1) is 11.3 Å². The van der Waals surface area contributed by atoms with E-state index in [1.807, 2.05) is 12.3 Å². The molecule has 2 rings (SSSR count). The highest BCUT2D eigenvalue weighted by Gasteiger charge is 2.24. The third-order valence-corrected chi connectivity index (χ3v) is 3.24. The van der Waals surface area contributed by atoms with E-state index >= 15 is 0 Å². The monoisotopic (exact) mass is 230 g/mol. The van der Waals surface area contributed by atoms with Crippen LogP contribution in [0.4, 0.5) is 0 Å². The molecule has 4 heteroatoms. The van der Waals surface area contributed by atoms with Gasteiger partial charge in [0.2, 0.25) is 0 Å². The highest BCUT2D eigenvalue weighted by molar-refractivity contribution is 5.09. The minimum absolute atomic E-state index is 0.346. The Bertz CT molecular complexity index is 384. The second-order valence-electron chi connectivity index (χ2n) is 4.61. The molecule has 4 nitrogen and oxygen atoms in total. The number of hydrogen-bond acceptors (Lipinski definition) is 4. The zero-order valence-electron chi connectivity index (χ0n) is 10.2. The molecule has 17 heavy (non-hydrogen) atoms. The average Bonchev–Trinajstić information content (AvgIpc) is 2.34. The molecule has 2 heterocycles. The largest absolute Gasteiger partial charge is 0.304 e. The van der Waals surface area contributed by atoms with E-state index in [1.165, 1.54) is 5.56 Å². The van der Waals surface area contributed by atoms with Gasteiger partial charge in [0.1, 0.15) is 0 Å². The van der Waals surface area contributed by atoms with Crippen molar-refractivity contribution in [1.82, 2.24) is 14.8 Å². The fourth-order valence-corrected chi connectivity index (χ4v) is 2.28. The second-order valence-corrected chi connectivity index (χ2v) is 4.61. The smallest absolute Gasteiger partial charge is 0.0638 e. The summed E-state index contributed by atoms with van der Waals surface area (Å²) >= 11 is 0. The SMILES string of the molecule is CN1CCN(Cc2cccnc2)C(CC#N)C1.